The van der Waals surface area contributed by atoms with Crippen LogP contribution in [0.3, 0.4) is 0 Å². The molecule has 0 atom stereocenters. The van der Waals surface area contributed by atoms with Crippen molar-refractivity contribution in [3.05, 3.63) is 35.4 Å². The lowest BCUT2D eigenvalue weighted by atomic mass is 10.0. The number of hydrogen-bond donors (Lipinski definition) is 0. The zero-order valence-electron chi connectivity index (χ0n) is 9.86. The molecule has 0 aliphatic heterocycles. The summed E-state index contributed by atoms with van der Waals surface area (Å²) >= 11 is 0. The molecular formula is C13H18O3. The first kappa shape index (κ1) is 12.7. The highest BCUT2D eigenvalue weighted by atomic mass is 16.5. The lowest BCUT2D eigenvalue weighted by Gasteiger charge is -2.08. The highest BCUT2D eigenvalue weighted by Gasteiger charge is 2.05. The molecule has 0 fully saturated rings. The van der Waals surface area contributed by atoms with E-state index in [0.29, 0.717) is 13.0 Å². The van der Waals surface area contributed by atoms with Gasteiger partial charge in [0.2, 0.25) is 0 Å². The van der Waals surface area contributed by atoms with Crippen LogP contribution in [0.25, 0.3) is 0 Å². The van der Waals surface area contributed by atoms with Crippen LogP contribution in [-0.2, 0) is 27.1 Å². The van der Waals surface area contributed by atoms with Crippen molar-refractivity contribution in [3.8, 4) is 0 Å². The summed E-state index contributed by atoms with van der Waals surface area (Å²) in [7, 11) is 3.11. The summed E-state index contributed by atoms with van der Waals surface area (Å²) < 4.78 is 9.69. The molecule has 3 heteroatoms. The van der Waals surface area contributed by atoms with E-state index in [4.69, 9.17) is 4.74 Å². The monoisotopic (exact) mass is 222 g/mol. The Morgan fingerprint density at radius 2 is 1.75 bits per heavy atom. The number of rotatable bonds is 6. The van der Waals surface area contributed by atoms with Crippen molar-refractivity contribution in [1.82, 2.24) is 0 Å². The average molecular weight is 222 g/mol. The maximum absolute atomic E-state index is 11.1. The van der Waals surface area contributed by atoms with Crippen LogP contribution in [0, 0.1) is 0 Å². The fourth-order valence-electron chi connectivity index (χ4n) is 1.60. The molecule has 16 heavy (non-hydrogen) atoms. The highest BCUT2D eigenvalue weighted by molar-refractivity contribution is 5.69. The lowest BCUT2D eigenvalue weighted by Crippen LogP contribution is -2.05. The Hall–Kier alpha value is -1.35. The van der Waals surface area contributed by atoms with E-state index in [1.807, 2.05) is 18.2 Å². The van der Waals surface area contributed by atoms with Gasteiger partial charge in [-0.15, -0.1) is 0 Å². The topological polar surface area (TPSA) is 35.5 Å². The van der Waals surface area contributed by atoms with Crippen LogP contribution >= 0.6 is 0 Å². The molecule has 1 aromatic rings. The molecule has 0 unspecified atom stereocenters. The number of carbonyl (C=O) groups excluding carboxylic acids is 1. The van der Waals surface area contributed by atoms with Crippen molar-refractivity contribution in [3.63, 3.8) is 0 Å². The molecule has 0 saturated carbocycles. The molecule has 0 N–H and O–H groups in total. The Morgan fingerprint density at radius 3 is 2.31 bits per heavy atom. The molecule has 0 spiro atoms. The van der Waals surface area contributed by atoms with E-state index in [1.54, 1.807) is 7.11 Å². The molecule has 0 bridgehead atoms. The van der Waals surface area contributed by atoms with Gasteiger partial charge in [-0.25, -0.2) is 0 Å². The van der Waals surface area contributed by atoms with E-state index in [2.05, 4.69) is 10.8 Å². The summed E-state index contributed by atoms with van der Waals surface area (Å²) in [6.07, 6.45) is 2.04. The first-order valence-corrected chi connectivity index (χ1v) is 5.40. The number of benzene rings is 1. The third-order valence-corrected chi connectivity index (χ3v) is 2.52. The minimum Gasteiger partial charge on any atom is -0.469 e. The molecule has 0 aliphatic rings. The molecule has 1 rings (SSSR count). The second-order valence-electron chi connectivity index (χ2n) is 3.59. The SMILES string of the molecule is COCCc1ccccc1CCC(=O)OC. The molecule has 88 valence electrons. The Labute approximate surface area is 96.4 Å². The maximum atomic E-state index is 11.1. The van der Waals surface area contributed by atoms with Gasteiger partial charge in [0.25, 0.3) is 0 Å². The molecule has 0 amide bonds. The highest BCUT2D eigenvalue weighted by Crippen LogP contribution is 2.12. The van der Waals surface area contributed by atoms with Crippen LogP contribution in [0.1, 0.15) is 17.5 Å². The predicted octanol–water partition coefficient (Wildman–Crippen LogP) is 1.98. The quantitative estimate of drug-likeness (QED) is 0.690. The fraction of sp³-hybridized carbons (Fsp3) is 0.462. The number of hydrogen-bond acceptors (Lipinski definition) is 3. The van der Waals surface area contributed by atoms with Gasteiger partial charge in [0, 0.05) is 13.5 Å². The molecule has 3 nitrogen and oxygen atoms in total. The van der Waals surface area contributed by atoms with Crippen molar-refractivity contribution in [2.45, 2.75) is 19.3 Å². The van der Waals surface area contributed by atoms with Crippen molar-refractivity contribution < 1.29 is 14.3 Å². The van der Waals surface area contributed by atoms with E-state index in [1.165, 1.54) is 18.2 Å². The zero-order chi connectivity index (χ0) is 11.8. The van der Waals surface area contributed by atoms with Crippen LogP contribution in [-0.4, -0.2) is 26.8 Å². The van der Waals surface area contributed by atoms with Crippen LogP contribution in [0.5, 0.6) is 0 Å². The summed E-state index contributed by atoms with van der Waals surface area (Å²) in [4.78, 5) is 11.1. The minimum absolute atomic E-state index is 0.165. The normalized spacial score (nSPS) is 10.1. The number of esters is 1. The zero-order valence-corrected chi connectivity index (χ0v) is 9.86. The third kappa shape index (κ3) is 4.03. The Morgan fingerprint density at radius 1 is 1.12 bits per heavy atom. The molecule has 0 saturated heterocycles. The van der Waals surface area contributed by atoms with Gasteiger partial charge < -0.3 is 9.47 Å². The number of carbonyl (C=O) groups is 1. The van der Waals surface area contributed by atoms with Crippen LogP contribution < -0.4 is 0 Å². The predicted molar refractivity (Wildman–Crippen MR) is 62.4 cm³/mol. The van der Waals surface area contributed by atoms with E-state index in [-0.39, 0.29) is 5.97 Å². The average Bonchev–Trinajstić information content (AvgIpc) is 2.34. The Bertz CT molecular complexity index is 334. The first-order chi connectivity index (χ1) is 7.77. The lowest BCUT2D eigenvalue weighted by molar-refractivity contribution is -0.140. The molecule has 1 aromatic carbocycles. The van der Waals surface area contributed by atoms with E-state index in [9.17, 15) is 4.79 Å². The fourth-order valence-corrected chi connectivity index (χ4v) is 1.60. The molecule has 0 radical (unpaired) electrons. The number of ether oxygens (including phenoxy) is 2. The minimum atomic E-state index is -0.165. The second-order valence-corrected chi connectivity index (χ2v) is 3.59. The number of methoxy groups -OCH3 is 2. The molecule has 0 heterocycles. The van der Waals surface area contributed by atoms with Gasteiger partial charge in [0.15, 0.2) is 0 Å². The van der Waals surface area contributed by atoms with Gasteiger partial charge in [0.1, 0.15) is 0 Å². The van der Waals surface area contributed by atoms with Gasteiger partial charge >= 0.3 is 5.97 Å². The first-order valence-electron chi connectivity index (χ1n) is 5.40. The molecular weight excluding hydrogens is 204 g/mol. The van der Waals surface area contributed by atoms with Crippen LogP contribution in [0.2, 0.25) is 0 Å². The van der Waals surface area contributed by atoms with Crippen molar-refractivity contribution >= 4 is 5.97 Å². The van der Waals surface area contributed by atoms with Gasteiger partial charge in [-0.2, -0.15) is 0 Å². The smallest absolute Gasteiger partial charge is 0.305 e. The third-order valence-electron chi connectivity index (χ3n) is 2.52. The largest absolute Gasteiger partial charge is 0.469 e. The summed E-state index contributed by atoms with van der Waals surface area (Å²) in [5, 5.41) is 0. The van der Waals surface area contributed by atoms with Crippen molar-refractivity contribution in [2.24, 2.45) is 0 Å². The summed E-state index contributed by atoms with van der Waals surface area (Å²) in [6.45, 7) is 0.704. The Balaban J connectivity index is 2.59. The van der Waals surface area contributed by atoms with Gasteiger partial charge in [-0.3, -0.25) is 4.79 Å². The van der Waals surface area contributed by atoms with E-state index >= 15 is 0 Å². The van der Waals surface area contributed by atoms with E-state index < -0.39 is 0 Å². The van der Waals surface area contributed by atoms with Crippen LogP contribution in [0.15, 0.2) is 24.3 Å². The molecule has 0 aliphatic carbocycles. The van der Waals surface area contributed by atoms with Gasteiger partial charge in [-0.05, 0) is 24.0 Å². The standard InChI is InChI=1S/C13H18O3/c1-15-10-9-12-6-4-3-5-11(12)7-8-13(14)16-2/h3-6H,7-10H2,1-2H3. The summed E-state index contributed by atoms with van der Waals surface area (Å²) in [6, 6.07) is 8.12. The van der Waals surface area contributed by atoms with Crippen molar-refractivity contribution in [1.29, 1.82) is 0 Å². The molecule has 0 aromatic heterocycles. The van der Waals surface area contributed by atoms with Gasteiger partial charge in [-0.1, -0.05) is 24.3 Å². The van der Waals surface area contributed by atoms with Crippen LogP contribution in [0.4, 0.5) is 0 Å². The summed E-state index contributed by atoms with van der Waals surface area (Å²) in [5.41, 5.74) is 2.44. The summed E-state index contributed by atoms with van der Waals surface area (Å²) in [5.74, 6) is -0.165. The van der Waals surface area contributed by atoms with E-state index in [0.717, 1.165) is 12.8 Å². The Kier molecular flexibility index (Phi) is 5.57. The second kappa shape index (κ2) is 7.01. The maximum Gasteiger partial charge on any atom is 0.305 e. The van der Waals surface area contributed by atoms with Gasteiger partial charge in [0.05, 0.1) is 13.7 Å². The van der Waals surface area contributed by atoms with Crippen molar-refractivity contribution in [2.75, 3.05) is 20.8 Å². The number of aryl methyl sites for hydroxylation is 1.